The second-order valence-corrected chi connectivity index (χ2v) is 8.37. The van der Waals surface area contributed by atoms with Gasteiger partial charge >= 0.3 is 0 Å². The predicted molar refractivity (Wildman–Crippen MR) is 85.9 cm³/mol. The number of hydrogen-bond acceptors (Lipinski definition) is 4. The van der Waals surface area contributed by atoms with E-state index in [2.05, 4.69) is 11.0 Å². The summed E-state index contributed by atoms with van der Waals surface area (Å²) in [6, 6.07) is 2.92. The topological polar surface area (TPSA) is 72.2 Å². The normalized spacial score (nSPS) is 23.1. The second kappa shape index (κ2) is 6.13. The number of rotatable bonds is 4. The van der Waals surface area contributed by atoms with Crippen molar-refractivity contribution in [3.8, 4) is 0 Å². The van der Waals surface area contributed by atoms with Crippen LogP contribution in [0.1, 0.15) is 24.8 Å². The molecule has 2 atom stereocenters. The number of anilines is 1. The van der Waals surface area contributed by atoms with Crippen molar-refractivity contribution in [2.75, 3.05) is 12.0 Å². The molecule has 0 aromatic heterocycles. The van der Waals surface area contributed by atoms with Gasteiger partial charge in [0.25, 0.3) is 0 Å². The summed E-state index contributed by atoms with van der Waals surface area (Å²) in [7, 11) is -3.56. The zero-order chi connectivity index (χ0) is 14.9. The molecule has 1 saturated carbocycles. The summed E-state index contributed by atoms with van der Waals surface area (Å²) in [5.74, 6) is 0. The van der Waals surface area contributed by atoms with Crippen LogP contribution >= 0.6 is 23.4 Å². The Hall–Kier alpha value is -0.430. The number of hydrogen-bond donors (Lipinski definition) is 2. The number of nitrogens with two attached hydrogens (primary N) is 1. The Morgan fingerprint density at radius 1 is 1.40 bits per heavy atom. The maximum Gasteiger partial charge on any atom is 0.240 e. The molecule has 0 amide bonds. The Labute approximate surface area is 129 Å². The van der Waals surface area contributed by atoms with Gasteiger partial charge < -0.3 is 5.73 Å². The Morgan fingerprint density at radius 3 is 2.65 bits per heavy atom. The van der Waals surface area contributed by atoms with Gasteiger partial charge in [0.2, 0.25) is 10.0 Å². The lowest BCUT2D eigenvalue weighted by Gasteiger charge is -2.14. The van der Waals surface area contributed by atoms with Crippen LogP contribution in [0.25, 0.3) is 0 Å². The molecule has 0 radical (unpaired) electrons. The van der Waals surface area contributed by atoms with E-state index in [-0.39, 0.29) is 10.9 Å². The molecule has 0 spiro atoms. The van der Waals surface area contributed by atoms with E-state index in [4.69, 9.17) is 17.3 Å². The quantitative estimate of drug-likeness (QED) is 0.830. The summed E-state index contributed by atoms with van der Waals surface area (Å²) in [5.41, 5.74) is 6.89. The smallest absolute Gasteiger partial charge is 0.240 e. The van der Waals surface area contributed by atoms with Crippen molar-refractivity contribution in [3.63, 3.8) is 0 Å². The number of nitrogen functional groups attached to an aromatic ring is 1. The van der Waals surface area contributed by atoms with E-state index < -0.39 is 10.0 Å². The van der Waals surface area contributed by atoms with Gasteiger partial charge in [-0.1, -0.05) is 11.6 Å². The molecule has 0 saturated heterocycles. The van der Waals surface area contributed by atoms with Gasteiger partial charge in [-0.15, -0.1) is 0 Å². The largest absolute Gasteiger partial charge is 0.398 e. The van der Waals surface area contributed by atoms with Crippen LogP contribution in [0, 0.1) is 6.92 Å². The van der Waals surface area contributed by atoms with Crippen molar-refractivity contribution in [1.29, 1.82) is 0 Å². The van der Waals surface area contributed by atoms with Crippen molar-refractivity contribution >= 4 is 39.1 Å². The van der Waals surface area contributed by atoms with E-state index in [1.165, 1.54) is 12.1 Å². The lowest BCUT2D eigenvalue weighted by atomic mass is 10.2. The molecule has 20 heavy (non-hydrogen) atoms. The molecule has 1 aromatic carbocycles. The third kappa shape index (κ3) is 3.42. The number of benzene rings is 1. The second-order valence-electron chi connectivity index (χ2n) is 5.11. The van der Waals surface area contributed by atoms with Crippen LogP contribution in [-0.2, 0) is 10.0 Å². The summed E-state index contributed by atoms with van der Waals surface area (Å²) < 4.78 is 27.5. The number of halogens is 1. The van der Waals surface area contributed by atoms with E-state index >= 15 is 0 Å². The fourth-order valence-electron chi connectivity index (χ4n) is 2.38. The van der Waals surface area contributed by atoms with Crippen LogP contribution in [0.15, 0.2) is 17.0 Å². The van der Waals surface area contributed by atoms with Gasteiger partial charge in [-0.05, 0) is 50.1 Å². The van der Waals surface area contributed by atoms with E-state index in [0.717, 1.165) is 19.3 Å². The summed E-state index contributed by atoms with van der Waals surface area (Å²) in [5, 5.41) is 0.910. The molecule has 0 bridgehead atoms. The highest BCUT2D eigenvalue weighted by molar-refractivity contribution is 7.99. The molecule has 112 valence electrons. The van der Waals surface area contributed by atoms with Crippen molar-refractivity contribution in [1.82, 2.24) is 4.72 Å². The van der Waals surface area contributed by atoms with E-state index in [1.54, 1.807) is 18.7 Å². The highest BCUT2D eigenvalue weighted by Gasteiger charge is 2.28. The third-order valence-corrected chi connectivity index (χ3v) is 6.70. The Bertz CT molecular complexity index is 581. The summed E-state index contributed by atoms with van der Waals surface area (Å²) >= 11 is 7.80. The van der Waals surface area contributed by atoms with Crippen LogP contribution in [-0.4, -0.2) is 26.0 Å². The first-order chi connectivity index (χ1) is 9.33. The molecule has 3 N–H and O–H groups in total. The molecular formula is C13H19ClN2O2S2. The van der Waals surface area contributed by atoms with E-state index in [0.29, 0.717) is 21.5 Å². The molecule has 4 nitrogen and oxygen atoms in total. The SMILES string of the molecule is CSC1CCC(NS(=O)(=O)c2cc(N)c(C)c(Cl)c2)C1. The molecule has 1 aliphatic carbocycles. The van der Waals surface area contributed by atoms with Crippen molar-refractivity contribution in [2.45, 2.75) is 42.4 Å². The average molecular weight is 335 g/mol. The molecule has 0 aliphatic heterocycles. The van der Waals surface area contributed by atoms with Crippen LogP contribution in [0.3, 0.4) is 0 Å². The summed E-state index contributed by atoms with van der Waals surface area (Å²) in [6.07, 6.45) is 4.85. The monoisotopic (exact) mass is 334 g/mol. The molecule has 2 unspecified atom stereocenters. The van der Waals surface area contributed by atoms with Crippen molar-refractivity contribution in [2.24, 2.45) is 0 Å². The van der Waals surface area contributed by atoms with Crippen molar-refractivity contribution < 1.29 is 8.42 Å². The molecule has 2 rings (SSSR count). The first-order valence-electron chi connectivity index (χ1n) is 6.44. The van der Waals surface area contributed by atoms with Crippen molar-refractivity contribution in [3.05, 3.63) is 22.7 Å². The number of sulfonamides is 1. The minimum Gasteiger partial charge on any atom is -0.398 e. The number of thioether (sulfide) groups is 1. The zero-order valence-corrected chi connectivity index (χ0v) is 13.9. The van der Waals surface area contributed by atoms with Gasteiger partial charge in [-0.3, -0.25) is 0 Å². The maximum absolute atomic E-state index is 12.4. The molecule has 1 aliphatic rings. The predicted octanol–water partition coefficient (Wildman–Crippen LogP) is 2.79. The van der Waals surface area contributed by atoms with Crippen LogP contribution in [0.4, 0.5) is 5.69 Å². The number of nitrogens with one attached hydrogen (secondary N) is 1. The molecule has 1 fully saturated rings. The van der Waals surface area contributed by atoms with Gasteiger partial charge in [0, 0.05) is 22.0 Å². The fraction of sp³-hybridized carbons (Fsp3) is 0.538. The van der Waals surface area contributed by atoms with Gasteiger partial charge in [-0.25, -0.2) is 13.1 Å². The molecule has 1 aromatic rings. The van der Waals surface area contributed by atoms with E-state index in [9.17, 15) is 8.42 Å². The highest BCUT2D eigenvalue weighted by atomic mass is 35.5. The Kier molecular flexibility index (Phi) is 4.89. The molecular weight excluding hydrogens is 316 g/mol. The highest BCUT2D eigenvalue weighted by Crippen LogP contribution is 2.30. The summed E-state index contributed by atoms with van der Waals surface area (Å²) in [4.78, 5) is 0.137. The van der Waals surface area contributed by atoms with E-state index in [1.807, 2.05) is 0 Å². The van der Waals surface area contributed by atoms with Gasteiger partial charge in [0.15, 0.2) is 0 Å². The van der Waals surface area contributed by atoms with Gasteiger partial charge in [0.1, 0.15) is 0 Å². The Morgan fingerprint density at radius 2 is 2.10 bits per heavy atom. The Balaban J connectivity index is 2.19. The first kappa shape index (κ1) is 15.9. The minimum absolute atomic E-state index is 0.00115. The van der Waals surface area contributed by atoms with Crippen LogP contribution in [0.5, 0.6) is 0 Å². The zero-order valence-electron chi connectivity index (χ0n) is 11.5. The van der Waals surface area contributed by atoms with Gasteiger partial charge in [-0.2, -0.15) is 11.8 Å². The maximum atomic E-state index is 12.4. The average Bonchev–Trinajstić information content (AvgIpc) is 2.82. The lowest BCUT2D eigenvalue weighted by Crippen LogP contribution is -2.33. The molecule has 0 heterocycles. The third-order valence-electron chi connectivity index (χ3n) is 3.71. The lowest BCUT2D eigenvalue weighted by molar-refractivity contribution is 0.552. The summed E-state index contributed by atoms with van der Waals surface area (Å²) in [6.45, 7) is 1.77. The molecule has 7 heteroatoms. The van der Waals surface area contributed by atoms with Crippen LogP contribution in [0.2, 0.25) is 5.02 Å². The van der Waals surface area contributed by atoms with Gasteiger partial charge in [0.05, 0.1) is 4.90 Å². The minimum atomic E-state index is -3.56. The standard InChI is InChI=1S/C13H19ClN2O2S2/c1-8-12(14)6-11(7-13(8)15)20(17,18)16-9-3-4-10(5-9)19-2/h6-7,9-10,16H,3-5,15H2,1-2H3. The first-order valence-corrected chi connectivity index (χ1v) is 9.59. The van der Waals surface area contributed by atoms with Crippen LogP contribution < -0.4 is 10.5 Å². The fourth-order valence-corrected chi connectivity index (χ4v) is 4.81.